The van der Waals surface area contributed by atoms with Gasteiger partial charge in [-0.3, -0.25) is 4.79 Å². The lowest BCUT2D eigenvalue weighted by Crippen LogP contribution is -2.54. The Kier molecular flexibility index (Phi) is 8.97. The lowest BCUT2D eigenvalue weighted by atomic mass is 9.95. The van der Waals surface area contributed by atoms with Crippen LogP contribution in [0.25, 0.3) is 0 Å². The van der Waals surface area contributed by atoms with E-state index in [0.29, 0.717) is 19.6 Å². The smallest absolute Gasteiger partial charge is 0.242 e. The lowest BCUT2D eigenvalue weighted by molar-refractivity contribution is -0.137. The minimum absolute atomic E-state index is 0.0326. The molecular formula is C14H31N3O2. The number of rotatable bonds is 10. The van der Waals surface area contributed by atoms with Gasteiger partial charge < -0.3 is 20.3 Å². The SMILES string of the molecule is CCCC(C)(N)C(=O)N(CCCN(C)C)CCOC. The van der Waals surface area contributed by atoms with Crippen molar-refractivity contribution in [2.75, 3.05) is 47.4 Å². The summed E-state index contributed by atoms with van der Waals surface area (Å²) < 4.78 is 5.08. The maximum absolute atomic E-state index is 12.5. The zero-order valence-corrected chi connectivity index (χ0v) is 13.2. The van der Waals surface area contributed by atoms with Crippen LogP contribution in [0.2, 0.25) is 0 Å². The summed E-state index contributed by atoms with van der Waals surface area (Å²) in [5.74, 6) is 0.0326. The average Bonchev–Trinajstić information content (AvgIpc) is 2.32. The second-order valence-electron chi connectivity index (χ2n) is 5.61. The molecule has 0 radical (unpaired) electrons. The normalized spacial score (nSPS) is 14.5. The van der Waals surface area contributed by atoms with E-state index in [9.17, 15) is 4.79 Å². The van der Waals surface area contributed by atoms with E-state index in [4.69, 9.17) is 10.5 Å². The van der Waals surface area contributed by atoms with Crippen molar-refractivity contribution in [2.45, 2.75) is 38.6 Å². The van der Waals surface area contributed by atoms with Gasteiger partial charge in [-0.05, 0) is 40.4 Å². The summed E-state index contributed by atoms with van der Waals surface area (Å²) >= 11 is 0. The number of nitrogens with two attached hydrogens (primary N) is 1. The molecule has 0 aliphatic heterocycles. The van der Waals surface area contributed by atoms with E-state index in [0.717, 1.165) is 25.9 Å². The third-order valence-corrected chi connectivity index (χ3v) is 3.14. The zero-order valence-electron chi connectivity index (χ0n) is 13.2. The van der Waals surface area contributed by atoms with Gasteiger partial charge in [-0.25, -0.2) is 0 Å². The van der Waals surface area contributed by atoms with Crippen LogP contribution in [0.4, 0.5) is 0 Å². The number of carbonyl (C=O) groups is 1. The van der Waals surface area contributed by atoms with Crippen molar-refractivity contribution < 1.29 is 9.53 Å². The van der Waals surface area contributed by atoms with E-state index in [-0.39, 0.29) is 5.91 Å². The fraction of sp³-hybridized carbons (Fsp3) is 0.929. The Balaban J connectivity index is 4.50. The van der Waals surface area contributed by atoms with E-state index in [1.165, 1.54) is 0 Å². The van der Waals surface area contributed by atoms with Gasteiger partial charge >= 0.3 is 0 Å². The highest BCUT2D eigenvalue weighted by atomic mass is 16.5. The van der Waals surface area contributed by atoms with Gasteiger partial charge in [-0.1, -0.05) is 13.3 Å². The van der Waals surface area contributed by atoms with Gasteiger partial charge in [-0.15, -0.1) is 0 Å². The highest BCUT2D eigenvalue weighted by molar-refractivity contribution is 5.85. The first-order valence-electron chi connectivity index (χ1n) is 7.07. The molecule has 114 valence electrons. The van der Waals surface area contributed by atoms with Gasteiger partial charge in [0.25, 0.3) is 0 Å². The molecule has 0 rings (SSSR count). The molecule has 1 unspecified atom stereocenters. The predicted octanol–water partition coefficient (Wildman–Crippen LogP) is 0.931. The molecule has 0 saturated carbocycles. The van der Waals surface area contributed by atoms with E-state index < -0.39 is 5.54 Å². The molecule has 0 aliphatic rings. The average molecular weight is 273 g/mol. The van der Waals surface area contributed by atoms with Crippen molar-refractivity contribution in [1.82, 2.24) is 9.80 Å². The second-order valence-corrected chi connectivity index (χ2v) is 5.61. The molecule has 0 fully saturated rings. The Labute approximate surface area is 118 Å². The van der Waals surface area contributed by atoms with E-state index >= 15 is 0 Å². The van der Waals surface area contributed by atoms with Crippen molar-refractivity contribution in [1.29, 1.82) is 0 Å². The predicted molar refractivity (Wildman–Crippen MR) is 79.1 cm³/mol. The highest BCUT2D eigenvalue weighted by Gasteiger charge is 2.31. The minimum Gasteiger partial charge on any atom is -0.383 e. The summed E-state index contributed by atoms with van der Waals surface area (Å²) in [5.41, 5.74) is 5.37. The third kappa shape index (κ3) is 7.50. The number of hydrogen-bond acceptors (Lipinski definition) is 4. The molecule has 0 saturated heterocycles. The highest BCUT2D eigenvalue weighted by Crippen LogP contribution is 2.13. The summed E-state index contributed by atoms with van der Waals surface area (Å²) in [7, 11) is 5.72. The maximum atomic E-state index is 12.5. The molecule has 2 N–H and O–H groups in total. The molecule has 0 aromatic carbocycles. The van der Waals surface area contributed by atoms with Crippen LogP contribution >= 0.6 is 0 Å². The summed E-state index contributed by atoms with van der Waals surface area (Å²) in [4.78, 5) is 16.4. The van der Waals surface area contributed by atoms with Gasteiger partial charge in [0, 0.05) is 20.2 Å². The molecular weight excluding hydrogens is 242 g/mol. The van der Waals surface area contributed by atoms with Crippen molar-refractivity contribution >= 4 is 5.91 Å². The molecule has 0 spiro atoms. The largest absolute Gasteiger partial charge is 0.383 e. The molecule has 0 aromatic heterocycles. The summed E-state index contributed by atoms with van der Waals surface area (Å²) in [6.45, 7) is 6.73. The van der Waals surface area contributed by atoms with Gasteiger partial charge in [0.2, 0.25) is 5.91 Å². The van der Waals surface area contributed by atoms with Crippen LogP contribution in [-0.2, 0) is 9.53 Å². The number of nitrogens with zero attached hydrogens (tertiary/aromatic N) is 2. The molecule has 1 atom stereocenters. The first kappa shape index (κ1) is 18.4. The molecule has 1 amide bonds. The molecule has 0 aliphatic carbocycles. The van der Waals surface area contributed by atoms with Crippen LogP contribution < -0.4 is 5.73 Å². The maximum Gasteiger partial charge on any atom is 0.242 e. The van der Waals surface area contributed by atoms with Crippen LogP contribution in [0.1, 0.15) is 33.1 Å². The number of carbonyl (C=O) groups excluding carboxylic acids is 1. The summed E-state index contributed by atoms with van der Waals surface area (Å²) in [5, 5.41) is 0. The topological polar surface area (TPSA) is 58.8 Å². The van der Waals surface area contributed by atoms with Crippen molar-refractivity contribution in [3.05, 3.63) is 0 Å². The first-order valence-corrected chi connectivity index (χ1v) is 7.07. The second kappa shape index (κ2) is 9.28. The monoisotopic (exact) mass is 273 g/mol. The van der Waals surface area contributed by atoms with E-state index in [2.05, 4.69) is 4.90 Å². The standard InChI is InChI=1S/C14H31N3O2/c1-6-8-14(2,15)13(18)17(11-12-19-5)10-7-9-16(3)4/h6-12,15H2,1-5H3. The molecule has 0 bridgehead atoms. The fourth-order valence-corrected chi connectivity index (χ4v) is 2.08. The fourth-order valence-electron chi connectivity index (χ4n) is 2.08. The Morgan fingerprint density at radius 2 is 1.89 bits per heavy atom. The molecule has 0 aromatic rings. The number of amides is 1. The van der Waals surface area contributed by atoms with Gasteiger partial charge in [0.1, 0.15) is 0 Å². The molecule has 0 heterocycles. The molecule has 5 nitrogen and oxygen atoms in total. The summed E-state index contributed by atoms with van der Waals surface area (Å²) in [6, 6.07) is 0. The Morgan fingerprint density at radius 1 is 1.26 bits per heavy atom. The Morgan fingerprint density at radius 3 is 2.37 bits per heavy atom. The van der Waals surface area contributed by atoms with E-state index in [1.54, 1.807) is 7.11 Å². The van der Waals surface area contributed by atoms with Crippen molar-refractivity contribution in [3.8, 4) is 0 Å². The third-order valence-electron chi connectivity index (χ3n) is 3.14. The number of hydrogen-bond donors (Lipinski definition) is 1. The van der Waals surface area contributed by atoms with Crippen molar-refractivity contribution in [3.63, 3.8) is 0 Å². The Hall–Kier alpha value is -0.650. The van der Waals surface area contributed by atoms with Crippen LogP contribution in [0.3, 0.4) is 0 Å². The van der Waals surface area contributed by atoms with Crippen LogP contribution in [0.5, 0.6) is 0 Å². The van der Waals surface area contributed by atoms with E-state index in [1.807, 2.05) is 32.8 Å². The minimum atomic E-state index is -0.763. The van der Waals surface area contributed by atoms with Crippen LogP contribution in [0, 0.1) is 0 Å². The van der Waals surface area contributed by atoms with Gasteiger partial charge in [0.15, 0.2) is 0 Å². The number of methoxy groups -OCH3 is 1. The number of ether oxygens (including phenoxy) is 1. The van der Waals surface area contributed by atoms with Gasteiger partial charge in [-0.2, -0.15) is 0 Å². The summed E-state index contributed by atoms with van der Waals surface area (Å²) in [6.07, 6.45) is 2.57. The van der Waals surface area contributed by atoms with Crippen LogP contribution in [0.15, 0.2) is 0 Å². The molecule has 5 heteroatoms. The quantitative estimate of drug-likeness (QED) is 0.643. The first-order chi connectivity index (χ1) is 8.85. The Bertz CT molecular complexity index is 255. The lowest BCUT2D eigenvalue weighted by Gasteiger charge is -2.32. The zero-order chi connectivity index (χ0) is 14.9. The molecule has 19 heavy (non-hydrogen) atoms. The van der Waals surface area contributed by atoms with Crippen molar-refractivity contribution in [2.24, 2.45) is 5.73 Å². The van der Waals surface area contributed by atoms with Crippen LogP contribution in [-0.4, -0.2) is 68.7 Å². The van der Waals surface area contributed by atoms with Gasteiger partial charge in [0.05, 0.1) is 12.1 Å².